The molecule has 1 aromatic carbocycles. The zero-order valence-electron chi connectivity index (χ0n) is 19.6. The third-order valence-corrected chi connectivity index (χ3v) is 5.69. The molecule has 1 atom stereocenters. The number of carbonyl (C=O) groups is 1. The lowest BCUT2D eigenvalue weighted by Gasteiger charge is -2.16. The van der Waals surface area contributed by atoms with Gasteiger partial charge in [0, 0.05) is 36.1 Å². The standard InChI is InChI=1S/C24H28N4O.C2H6/c1-15(2)21-13-23(27-26-21)24(29)28-10-9-19(14-28)22-12-20(11-17(4)25-22)18-7-5-16(3)6-8-18;1-2/h5-8,11-13,15,19H,9-10,14H2,1-4H3,(H,26,27);1-2H3. The van der Waals surface area contributed by atoms with Crippen molar-refractivity contribution in [1.82, 2.24) is 20.1 Å². The smallest absolute Gasteiger partial charge is 0.274 e. The molecule has 5 nitrogen and oxygen atoms in total. The number of carbonyl (C=O) groups excluding carboxylic acids is 1. The van der Waals surface area contributed by atoms with Gasteiger partial charge in [-0.3, -0.25) is 14.9 Å². The molecule has 1 N–H and O–H groups in total. The van der Waals surface area contributed by atoms with E-state index in [1.54, 1.807) is 0 Å². The summed E-state index contributed by atoms with van der Waals surface area (Å²) in [6.07, 6.45) is 0.928. The molecule has 3 heterocycles. The van der Waals surface area contributed by atoms with Crippen molar-refractivity contribution in [3.63, 3.8) is 0 Å². The van der Waals surface area contributed by atoms with Crippen LogP contribution in [0, 0.1) is 13.8 Å². The van der Waals surface area contributed by atoms with Crippen molar-refractivity contribution in [2.75, 3.05) is 13.1 Å². The Morgan fingerprint density at radius 1 is 1.06 bits per heavy atom. The molecule has 1 unspecified atom stereocenters. The molecule has 1 amide bonds. The largest absolute Gasteiger partial charge is 0.337 e. The van der Waals surface area contributed by atoms with Gasteiger partial charge >= 0.3 is 0 Å². The van der Waals surface area contributed by atoms with Gasteiger partial charge in [0.1, 0.15) is 5.69 Å². The first-order valence-corrected chi connectivity index (χ1v) is 11.3. The van der Waals surface area contributed by atoms with Gasteiger partial charge in [-0.1, -0.05) is 57.5 Å². The van der Waals surface area contributed by atoms with E-state index in [0.717, 1.165) is 30.0 Å². The monoisotopic (exact) mass is 418 g/mol. The molecule has 3 aromatic rings. The van der Waals surface area contributed by atoms with Crippen LogP contribution in [0.15, 0.2) is 42.5 Å². The number of aryl methyl sites for hydroxylation is 2. The summed E-state index contributed by atoms with van der Waals surface area (Å²) in [5.41, 5.74) is 7.22. The number of benzene rings is 1. The summed E-state index contributed by atoms with van der Waals surface area (Å²) in [5.74, 6) is 0.584. The van der Waals surface area contributed by atoms with E-state index in [2.05, 4.69) is 67.4 Å². The highest BCUT2D eigenvalue weighted by atomic mass is 16.2. The number of likely N-dealkylation sites (tertiary alicyclic amines) is 1. The van der Waals surface area contributed by atoms with Gasteiger partial charge in [0.15, 0.2) is 0 Å². The van der Waals surface area contributed by atoms with Crippen LogP contribution in [0.3, 0.4) is 0 Å². The van der Waals surface area contributed by atoms with Crippen molar-refractivity contribution >= 4 is 5.91 Å². The van der Waals surface area contributed by atoms with Crippen LogP contribution >= 0.6 is 0 Å². The molecule has 1 aliphatic heterocycles. The maximum absolute atomic E-state index is 12.9. The molecular formula is C26H34N4O. The predicted molar refractivity (Wildman–Crippen MR) is 126 cm³/mol. The van der Waals surface area contributed by atoms with Crippen molar-refractivity contribution < 1.29 is 4.79 Å². The van der Waals surface area contributed by atoms with Crippen molar-refractivity contribution in [2.45, 2.75) is 59.8 Å². The van der Waals surface area contributed by atoms with E-state index in [4.69, 9.17) is 4.98 Å². The Hall–Kier alpha value is -2.95. The number of nitrogens with one attached hydrogen (secondary N) is 1. The number of aromatic nitrogens is 3. The average molecular weight is 419 g/mol. The summed E-state index contributed by atoms with van der Waals surface area (Å²) in [4.78, 5) is 19.6. The number of hydrogen-bond donors (Lipinski definition) is 1. The fourth-order valence-electron chi connectivity index (χ4n) is 3.91. The highest BCUT2D eigenvalue weighted by Gasteiger charge is 2.30. The fourth-order valence-corrected chi connectivity index (χ4v) is 3.91. The van der Waals surface area contributed by atoms with Crippen molar-refractivity contribution in [3.8, 4) is 11.1 Å². The minimum atomic E-state index is 0.00191. The molecule has 4 rings (SSSR count). The Morgan fingerprint density at radius 3 is 2.42 bits per heavy atom. The molecule has 2 aromatic heterocycles. The zero-order valence-corrected chi connectivity index (χ0v) is 19.6. The van der Waals surface area contributed by atoms with Crippen molar-refractivity contribution in [1.29, 1.82) is 0 Å². The number of nitrogens with zero attached hydrogens (tertiary/aromatic N) is 3. The Morgan fingerprint density at radius 2 is 1.77 bits per heavy atom. The predicted octanol–water partition coefficient (Wildman–Crippen LogP) is 5.87. The average Bonchev–Trinajstić information content (AvgIpc) is 3.45. The second kappa shape index (κ2) is 9.90. The minimum Gasteiger partial charge on any atom is -0.337 e. The Bertz CT molecular complexity index is 1020. The van der Waals surface area contributed by atoms with Crippen LogP contribution in [0.4, 0.5) is 0 Å². The van der Waals surface area contributed by atoms with Crippen LogP contribution in [0.5, 0.6) is 0 Å². The highest BCUT2D eigenvalue weighted by molar-refractivity contribution is 5.92. The molecule has 1 aliphatic rings. The van der Waals surface area contributed by atoms with Gasteiger partial charge in [-0.2, -0.15) is 5.10 Å². The summed E-state index contributed by atoms with van der Waals surface area (Å²) in [5, 5.41) is 7.20. The first-order chi connectivity index (χ1) is 14.9. The van der Waals surface area contributed by atoms with Crippen molar-refractivity contribution in [2.24, 2.45) is 0 Å². The molecule has 0 radical (unpaired) electrons. The van der Waals surface area contributed by atoms with E-state index in [9.17, 15) is 4.79 Å². The van der Waals surface area contributed by atoms with E-state index in [-0.39, 0.29) is 11.8 Å². The molecular weight excluding hydrogens is 384 g/mol. The Kier molecular flexibility index (Phi) is 7.26. The third-order valence-electron chi connectivity index (χ3n) is 5.69. The van der Waals surface area contributed by atoms with Gasteiger partial charge < -0.3 is 4.90 Å². The second-order valence-corrected chi connectivity index (χ2v) is 8.39. The third kappa shape index (κ3) is 5.22. The Balaban J connectivity index is 0.00000132. The van der Waals surface area contributed by atoms with E-state index < -0.39 is 0 Å². The van der Waals surface area contributed by atoms with Crippen LogP contribution in [-0.4, -0.2) is 39.1 Å². The first-order valence-electron chi connectivity index (χ1n) is 11.3. The summed E-state index contributed by atoms with van der Waals surface area (Å²) in [7, 11) is 0. The lowest BCUT2D eigenvalue weighted by Crippen LogP contribution is -2.28. The summed E-state index contributed by atoms with van der Waals surface area (Å²) < 4.78 is 0. The van der Waals surface area contributed by atoms with Crippen LogP contribution in [0.1, 0.15) is 79.1 Å². The molecule has 0 saturated carbocycles. The van der Waals surface area contributed by atoms with Crippen LogP contribution in [-0.2, 0) is 0 Å². The maximum Gasteiger partial charge on any atom is 0.274 e. The fraction of sp³-hybridized carbons (Fsp3) is 0.423. The topological polar surface area (TPSA) is 61.9 Å². The van der Waals surface area contributed by atoms with E-state index >= 15 is 0 Å². The highest BCUT2D eigenvalue weighted by Crippen LogP contribution is 2.30. The molecule has 0 bridgehead atoms. The molecule has 31 heavy (non-hydrogen) atoms. The second-order valence-electron chi connectivity index (χ2n) is 8.39. The SMILES string of the molecule is CC.Cc1ccc(-c2cc(C)nc(C3CCN(C(=O)c4cc(C(C)C)[nH]n4)C3)c2)cc1. The number of rotatable bonds is 4. The molecule has 5 heteroatoms. The summed E-state index contributed by atoms with van der Waals surface area (Å²) >= 11 is 0. The van der Waals surface area contributed by atoms with Gasteiger partial charge in [-0.25, -0.2) is 0 Å². The van der Waals surface area contributed by atoms with Crippen molar-refractivity contribution in [3.05, 3.63) is 70.8 Å². The first kappa shape index (κ1) is 22.7. The quantitative estimate of drug-likeness (QED) is 0.576. The summed E-state index contributed by atoms with van der Waals surface area (Å²) in [6, 6.07) is 14.8. The zero-order chi connectivity index (χ0) is 22.5. The molecule has 1 fully saturated rings. The Labute approximate surface area is 185 Å². The maximum atomic E-state index is 12.9. The van der Waals surface area contributed by atoms with Gasteiger partial charge in [0.25, 0.3) is 5.91 Å². The van der Waals surface area contributed by atoms with E-state index in [0.29, 0.717) is 18.2 Å². The molecule has 1 saturated heterocycles. The molecule has 164 valence electrons. The molecule has 0 spiro atoms. The number of aromatic amines is 1. The number of pyridine rings is 1. The van der Waals surface area contributed by atoms with Gasteiger partial charge in [0.2, 0.25) is 0 Å². The molecule has 0 aliphatic carbocycles. The van der Waals surface area contributed by atoms with Gasteiger partial charge in [-0.15, -0.1) is 0 Å². The van der Waals surface area contributed by atoms with Crippen LogP contribution in [0.2, 0.25) is 0 Å². The van der Waals surface area contributed by atoms with E-state index in [1.807, 2.05) is 31.7 Å². The van der Waals surface area contributed by atoms with Gasteiger partial charge in [0.05, 0.1) is 0 Å². The number of hydrogen-bond acceptors (Lipinski definition) is 3. The normalized spacial score (nSPS) is 15.7. The van der Waals surface area contributed by atoms with Crippen LogP contribution in [0.25, 0.3) is 11.1 Å². The lowest BCUT2D eigenvalue weighted by molar-refractivity contribution is 0.0785. The number of H-pyrrole nitrogens is 1. The number of amides is 1. The van der Waals surface area contributed by atoms with E-state index in [1.165, 1.54) is 16.7 Å². The minimum absolute atomic E-state index is 0.00191. The summed E-state index contributed by atoms with van der Waals surface area (Å²) in [6.45, 7) is 13.7. The lowest BCUT2D eigenvalue weighted by atomic mass is 9.98. The van der Waals surface area contributed by atoms with Gasteiger partial charge in [-0.05, 0) is 55.5 Å². The van der Waals surface area contributed by atoms with Crippen LogP contribution < -0.4 is 0 Å².